The molecule has 3 heterocycles. The predicted octanol–water partition coefficient (Wildman–Crippen LogP) is 2.94. The second-order valence-corrected chi connectivity index (χ2v) is 9.20. The second kappa shape index (κ2) is 9.83. The Kier molecular flexibility index (Phi) is 6.48. The van der Waals surface area contributed by atoms with Gasteiger partial charge in [-0.1, -0.05) is 18.2 Å². The van der Waals surface area contributed by atoms with Crippen LogP contribution in [0.3, 0.4) is 0 Å². The first-order valence-corrected chi connectivity index (χ1v) is 12.2. The Labute approximate surface area is 195 Å². The molecule has 3 aliphatic rings. The fraction of sp³-hybridized carbons (Fsp3) is 0.462. The van der Waals surface area contributed by atoms with Crippen molar-refractivity contribution in [3.8, 4) is 0 Å². The Bertz CT molecular complexity index is 987. The number of fused-ring (bicyclic) bond motifs is 3. The summed E-state index contributed by atoms with van der Waals surface area (Å²) in [4.78, 5) is 32.3. The summed E-state index contributed by atoms with van der Waals surface area (Å²) in [5.74, 6) is -0.0335. The molecule has 7 heteroatoms. The van der Waals surface area contributed by atoms with Gasteiger partial charge in [-0.05, 0) is 62.6 Å². The van der Waals surface area contributed by atoms with Gasteiger partial charge in [0.2, 0.25) is 5.91 Å². The van der Waals surface area contributed by atoms with E-state index < -0.39 is 0 Å². The van der Waals surface area contributed by atoms with Crippen LogP contribution < -0.4 is 20.4 Å². The van der Waals surface area contributed by atoms with Gasteiger partial charge in [0.1, 0.15) is 6.04 Å². The standard InChI is InChI=1S/C26H33N5O2/c32-25(20-10-11-23-22(19-20)28-26(33)24-9-4-5-14-31(23)24)27-12-6-13-29-15-17-30(18-16-29)21-7-2-1-3-8-21/h1-3,7-8,10-11,19,24H,4-6,9,12-18H2,(H,27,32)(H,28,33)/t24-/m0/s1. The fourth-order valence-corrected chi connectivity index (χ4v) is 5.21. The van der Waals surface area contributed by atoms with Crippen molar-refractivity contribution < 1.29 is 9.59 Å². The van der Waals surface area contributed by atoms with Gasteiger partial charge in [0.15, 0.2) is 0 Å². The molecule has 33 heavy (non-hydrogen) atoms. The molecule has 5 rings (SSSR count). The highest BCUT2D eigenvalue weighted by Gasteiger charge is 2.34. The minimum Gasteiger partial charge on any atom is -0.369 e. The van der Waals surface area contributed by atoms with Gasteiger partial charge in [0.05, 0.1) is 11.4 Å². The van der Waals surface area contributed by atoms with Gasteiger partial charge in [0, 0.05) is 50.5 Å². The van der Waals surface area contributed by atoms with Crippen molar-refractivity contribution in [3.05, 3.63) is 54.1 Å². The number of carbonyl (C=O) groups is 2. The number of nitrogens with one attached hydrogen (secondary N) is 2. The van der Waals surface area contributed by atoms with Gasteiger partial charge < -0.3 is 20.4 Å². The van der Waals surface area contributed by atoms with Crippen LogP contribution >= 0.6 is 0 Å². The molecule has 0 unspecified atom stereocenters. The van der Waals surface area contributed by atoms with Gasteiger partial charge in [-0.2, -0.15) is 0 Å². The van der Waals surface area contributed by atoms with Crippen molar-refractivity contribution >= 4 is 28.9 Å². The Hall–Kier alpha value is -3.06. The van der Waals surface area contributed by atoms with Crippen LogP contribution in [0.2, 0.25) is 0 Å². The highest BCUT2D eigenvalue weighted by molar-refractivity contribution is 6.05. The Morgan fingerprint density at radius 1 is 1.00 bits per heavy atom. The first-order valence-electron chi connectivity index (χ1n) is 12.2. The van der Waals surface area contributed by atoms with Crippen LogP contribution in [0.5, 0.6) is 0 Å². The molecule has 0 saturated carbocycles. The first kappa shape index (κ1) is 21.8. The third kappa shape index (κ3) is 4.83. The van der Waals surface area contributed by atoms with E-state index >= 15 is 0 Å². The maximum Gasteiger partial charge on any atom is 0.251 e. The molecule has 0 spiro atoms. The molecule has 0 aromatic heterocycles. The van der Waals surface area contributed by atoms with E-state index in [0.717, 1.165) is 76.3 Å². The SMILES string of the molecule is O=C(NCCCN1CCN(c2ccccc2)CC1)c1ccc2c(c1)NC(=O)[C@@H]1CCCCN21. The summed E-state index contributed by atoms with van der Waals surface area (Å²) in [6.07, 6.45) is 4.02. The summed E-state index contributed by atoms with van der Waals surface area (Å²) < 4.78 is 0. The number of piperazine rings is 1. The predicted molar refractivity (Wildman–Crippen MR) is 132 cm³/mol. The molecule has 2 aromatic carbocycles. The number of carbonyl (C=O) groups excluding carboxylic acids is 2. The minimum absolute atomic E-state index is 0.0483. The van der Waals surface area contributed by atoms with Gasteiger partial charge in [-0.15, -0.1) is 0 Å². The number of benzene rings is 2. The Balaban J connectivity index is 1.08. The van der Waals surface area contributed by atoms with Crippen LogP contribution in [-0.4, -0.2) is 68.6 Å². The highest BCUT2D eigenvalue weighted by atomic mass is 16.2. The summed E-state index contributed by atoms with van der Waals surface area (Å²) in [5, 5.41) is 6.05. The zero-order valence-electron chi connectivity index (χ0n) is 19.1. The maximum atomic E-state index is 12.7. The molecule has 174 valence electrons. The third-order valence-corrected chi connectivity index (χ3v) is 7.06. The van der Waals surface area contributed by atoms with Crippen LogP contribution in [0.4, 0.5) is 17.1 Å². The quantitative estimate of drug-likeness (QED) is 0.667. The molecular weight excluding hydrogens is 414 g/mol. The second-order valence-electron chi connectivity index (χ2n) is 9.20. The van der Waals surface area contributed by atoms with E-state index in [0.29, 0.717) is 12.1 Å². The van der Waals surface area contributed by atoms with E-state index in [1.165, 1.54) is 5.69 Å². The van der Waals surface area contributed by atoms with E-state index in [4.69, 9.17) is 0 Å². The van der Waals surface area contributed by atoms with Crippen molar-refractivity contribution in [2.75, 3.05) is 60.9 Å². The topological polar surface area (TPSA) is 67.9 Å². The maximum absolute atomic E-state index is 12.7. The van der Waals surface area contributed by atoms with Crippen LogP contribution in [0.25, 0.3) is 0 Å². The van der Waals surface area contributed by atoms with Crippen LogP contribution in [0, 0.1) is 0 Å². The number of hydrogen-bond acceptors (Lipinski definition) is 5. The molecule has 2 fully saturated rings. The molecule has 0 radical (unpaired) electrons. The highest BCUT2D eigenvalue weighted by Crippen LogP contribution is 2.36. The zero-order valence-corrected chi connectivity index (χ0v) is 19.1. The van der Waals surface area contributed by atoms with Gasteiger partial charge in [-0.3, -0.25) is 14.5 Å². The van der Waals surface area contributed by atoms with Gasteiger partial charge >= 0.3 is 0 Å². The minimum atomic E-state index is -0.0817. The van der Waals surface area contributed by atoms with Crippen molar-refractivity contribution in [1.29, 1.82) is 0 Å². The number of rotatable bonds is 6. The van der Waals surface area contributed by atoms with Crippen molar-refractivity contribution in [3.63, 3.8) is 0 Å². The molecular formula is C26H33N5O2. The molecule has 2 N–H and O–H groups in total. The molecule has 3 aliphatic heterocycles. The number of para-hydroxylation sites is 1. The third-order valence-electron chi connectivity index (χ3n) is 7.06. The summed E-state index contributed by atoms with van der Waals surface area (Å²) in [6, 6.07) is 16.2. The number of piperidine rings is 1. The average molecular weight is 448 g/mol. The number of nitrogens with zero attached hydrogens (tertiary/aromatic N) is 3. The van der Waals surface area contributed by atoms with E-state index in [1.807, 2.05) is 18.2 Å². The fourth-order valence-electron chi connectivity index (χ4n) is 5.21. The average Bonchev–Trinajstić information content (AvgIpc) is 2.87. The lowest BCUT2D eigenvalue weighted by molar-refractivity contribution is -0.118. The zero-order chi connectivity index (χ0) is 22.6. The summed E-state index contributed by atoms with van der Waals surface area (Å²) in [7, 11) is 0. The van der Waals surface area contributed by atoms with Gasteiger partial charge in [0.25, 0.3) is 5.91 Å². The van der Waals surface area contributed by atoms with E-state index in [1.54, 1.807) is 0 Å². The monoisotopic (exact) mass is 447 g/mol. The normalized spacial score (nSPS) is 20.6. The lowest BCUT2D eigenvalue weighted by Gasteiger charge is -2.41. The molecule has 2 saturated heterocycles. The van der Waals surface area contributed by atoms with Crippen molar-refractivity contribution in [2.24, 2.45) is 0 Å². The summed E-state index contributed by atoms with van der Waals surface area (Å²) in [6.45, 7) is 6.70. The van der Waals surface area contributed by atoms with E-state index in [2.05, 4.69) is 55.7 Å². The van der Waals surface area contributed by atoms with Crippen LogP contribution in [0.15, 0.2) is 48.5 Å². The molecule has 0 aliphatic carbocycles. The molecule has 1 atom stereocenters. The van der Waals surface area contributed by atoms with Crippen molar-refractivity contribution in [1.82, 2.24) is 10.2 Å². The van der Waals surface area contributed by atoms with E-state index in [9.17, 15) is 9.59 Å². The van der Waals surface area contributed by atoms with Crippen LogP contribution in [0.1, 0.15) is 36.0 Å². The Morgan fingerprint density at radius 2 is 1.82 bits per heavy atom. The lowest BCUT2D eigenvalue weighted by Crippen LogP contribution is -2.50. The molecule has 7 nitrogen and oxygen atoms in total. The lowest BCUT2D eigenvalue weighted by atomic mass is 9.97. The van der Waals surface area contributed by atoms with Crippen LogP contribution in [-0.2, 0) is 4.79 Å². The summed E-state index contributed by atoms with van der Waals surface area (Å²) in [5.41, 5.74) is 3.68. The number of anilines is 3. The molecule has 2 aromatic rings. The van der Waals surface area contributed by atoms with E-state index in [-0.39, 0.29) is 17.9 Å². The summed E-state index contributed by atoms with van der Waals surface area (Å²) >= 11 is 0. The largest absolute Gasteiger partial charge is 0.369 e. The molecule has 0 bridgehead atoms. The first-order chi connectivity index (χ1) is 16.2. The smallest absolute Gasteiger partial charge is 0.251 e. The van der Waals surface area contributed by atoms with Crippen molar-refractivity contribution in [2.45, 2.75) is 31.7 Å². The number of amides is 2. The van der Waals surface area contributed by atoms with Gasteiger partial charge in [-0.25, -0.2) is 0 Å². The Morgan fingerprint density at radius 3 is 2.64 bits per heavy atom. The number of hydrogen-bond donors (Lipinski definition) is 2. The molecule has 2 amide bonds.